The summed E-state index contributed by atoms with van der Waals surface area (Å²) >= 11 is 0. The maximum Gasteiger partial charge on any atom is 0.305 e. The lowest BCUT2D eigenvalue weighted by molar-refractivity contribution is -0.143. The third-order valence-electron chi connectivity index (χ3n) is 3.52. The van der Waals surface area contributed by atoms with E-state index in [9.17, 15) is 14.9 Å². The Hall–Kier alpha value is -3.07. The molecule has 0 aliphatic heterocycles. The summed E-state index contributed by atoms with van der Waals surface area (Å²) in [5.74, 6) is 0.376. The van der Waals surface area contributed by atoms with Gasteiger partial charge in [0, 0.05) is 17.7 Å². The molecule has 0 radical (unpaired) electrons. The molecule has 1 aromatic heterocycles. The maximum atomic E-state index is 11.9. The normalized spacial score (nSPS) is 10.1. The van der Waals surface area contributed by atoms with Crippen molar-refractivity contribution >= 4 is 5.97 Å². The van der Waals surface area contributed by atoms with Gasteiger partial charge < -0.3 is 14.5 Å². The minimum absolute atomic E-state index is 0.0741. The van der Waals surface area contributed by atoms with Crippen molar-refractivity contribution in [2.24, 2.45) is 0 Å². The van der Waals surface area contributed by atoms with Crippen LogP contribution in [0.15, 0.2) is 35.1 Å². The van der Waals surface area contributed by atoms with E-state index in [4.69, 9.17) is 9.47 Å². The lowest BCUT2D eigenvalue weighted by Gasteiger charge is -2.09. The Kier molecular flexibility index (Phi) is 6.35. The highest BCUT2D eigenvalue weighted by atomic mass is 16.5. The van der Waals surface area contributed by atoms with Gasteiger partial charge in [0.25, 0.3) is 5.56 Å². The molecular formula is C19H20N2O4. The summed E-state index contributed by atoms with van der Waals surface area (Å²) in [4.78, 5) is 25.8. The number of nitriles is 1. The number of nitrogens with zero attached hydrogens (tertiary/aromatic N) is 1. The molecule has 0 aliphatic carbocycles. The van der Waals surface area contributed by atoms with Gasteiger partial charge in [0.1, 0.15) is 17.4 Å². The van der Waals surface area contributed by atoms with E-state index in [-0.39, 0.29) is 11.5 Å². The van der Waals surface area contributed by atoms with Gasteiger partial charge in [0.2, 0.25) is 0 Å². The van der Waals surface area contributed by atoms with Crippen molar-refractivity contribution < 1.29 is 14.3 Å². The predicted molar refractivity (Wildman–Crippen MR) is 93.3 cm³/mol. The molecule has 0 unspecified atom stereocenters. The number of nitrogens with one attached hydrogen (secondary N) is 1. The molecule has 2 aromatic rings. The smallest absolute Gasteiger partial charge is 0.305 e. The number of carbonyl (C=O) groups excluding carboxylic acids is 1. The summed E-state index contributed by atoms with van der Waals surface area (Å²) in [6, 6.07) is 10.9. The van der Waals surface area contributed by atoms with Crippen molar-refractivity contribution in [2.75, 3.05) is 13.2 Å². The monoisotopic (exact) mass is 340 g/mol. The molecule has 1 heterocycles. The number of pyridine rings is 1. The number of H-pyrrole nitrogens is 1. The first-order valence-electron chi connectivity index (χ1n) is 8.08. The molecule has 0 bridgehead atoms. The number of hydrogen-bond acceptors (Lipinski definition) is 5. The van der Waals surface area contributed by atoms with E-state index in [2.05, 4.69) is 4.98 Å². The van der Waals surface area contributed by atoms with Gasteiger partial charge in [-0.05, 0) is 44.0 Å². The topological polar surface area (TPSA) is 92.2 Å². The van der Waals surface area contributed by atoms with Crippen LogP contribution in [0.5, 0.6) is 5.75 Å². The summed E-state index contributed by atoms with van der Waals surface area (Å²) in [6.07, 6.45) is 0.857. The predicted octanol–water partition coefficient (Wildman–Crippen LogP) is 2.94. The van der Waals surface area contributed by atoms with Gasteiger partial charge in [-0.3, -0.25) is 9.59 Å². The molecule has 0 spiro atoms. The van der Waals surface area contributed by atoms with Crippen molar-refractivity contribution in [1.82, 2.24) is 4.98 Å². The molecule has 1 N–H and O–H groups in total. The summed E-state index contributed by atoms with van der Waals surface area (Å²) in [7, 11) is 0. The molecule has 0 aliphatic rings. The number of carbonyl (C=O) groups is 1. The Bertz CT molecular complexity index is 849. The van der Waals surface area contributed by atoms with Gasteiger partial charge in [-0.15, -0.1) is 0 Å². The maximum absolute atomic E-state index is 11.9. The average molecular weight is 340 g/mol. The van der Waals surface area contributed by atoms with E-state index in [1.165, 1.54) is 0 Å². The van der Waals surface area contributed by atoms with Gasteiger partial charge in [-0.1, -0.05) is 12.1 Å². The number of aromatic nitrogens is 1. The molecule has 1 aromatic carbocycles. The number of esters is 1. The van der Waals surface area contributed by atoms with E-state index in [1.807, 2.05) is 12.1 Å². The molecule has 25 heavy (non-hydrogen) atoms. The number of rotatable bonds is 7. The van der Waals surface area contributed by atoms with Gasteiger partial charge >= 0.3 is 5.97 Å². The average Bonchev–Trinajstić information content (AvgIpc) is 2.59. The van der Waals surface area contributed by atoms with E-state index >= 15 is 0 Å². The Morgan fingerprint density at radius 2 is 2.12 bits per heavy atom. The van der Waals surface area contributed by atoms with Crippen molar-refractivity contribution in [2.45, 2.75) is 26.7 Å². The number of benzene rings is 1. The fourth-order valence-corrected chi connectivity index (χ4v) is 2.42. The number of aryl methyl sites for hydroxylation is 1. The summed E-state index contributed by atoms with van der Waals surface area (Å²) in [5, 5.41) is 9.24. The highest BCUT2D eigenvalue weighted by Gasteiger charge is 2.11. The van der Waals surface area contributed by atoms with Gasteiger partial charge in [0.05, 0.1) is 13.2 Å². The largest absolute Gasteiger partial charge is 0.494 e. The molecular weight excluding hydrogens is 320 g/mol. The zero-order valence-electron chi connectivity index (χ0n) is 14.3. The lowest BCUT2D eigenvalue weighted by Crippen LogP contribution is -2.12. The second kappa shape index (κ2) is 8.69. The van der Waals surface area contributed by atoms with Gasteiger partial charge in [0.15, 0.2) is 0 Å². The Morgan fingerprint density at radius 3 is 2.84 bits per heavy atom. The molecule has 0 amide bonds. The minimum Gasteiger partial charge on any atom is -0.494 e. The van der Waals surface area contributed by atoms with Crippen LogP contribution in [0.2, 0.25) is 0 Å². The van der Waals surface area contributed by atoms with Crippen molar-refractivity contribution in [3.8, 4) is 22.9 Å². The van der Waals surface area contributed by atoms with E-state index in [1.54, 1.807) is 38.1 Å². The molecule has 0 saturated heterocycles. The number of hydrogen-bond donors (Lipinski definition) is 1. The van der Waals surface area contributed by atoms with Crippen LogP contribution in [-0.2, 0) is 9.53 Å². The van der Waals surface area contributed by atoms with Crippen LogP contribution in [0.25, 0.3) is 11.1 Å². The van der Waals surface area contributed by atoms with E-state index in [0.29, 0.717) is 43.1 Å². The van der Waals surface area contributed by atoms with E-state index in [0.717, 1.165) is 5.56 Å². The van der Waals surface area contributed by atoms with Gasteiger partial charge in [-0.25, -0.2) is 0 Å². The van der Waals surface area contributed by atoms with E-state index < -0.39 is 5.56 Å². The SMILES string of the molecule is CCOC(=O)CCCOc1cccc(-c2cc(C)[nH]c(=O)c2C#N)c1. The second-order valence-corrected chi connectivity index (χ2v) is 5.47. The highest BCUT2D eigenvalue weighted by Crippen LogP contribution is 2.25. The molecule has 0 atom stereocenters. The van der Waals surface area contributed by atoms with Crippen LogP contribution in [0.4, 0.5) is 0 Å². The number of aromatic amines is 1. The Labute approximate surface area is 146 Å². The van der Waals surface area contributed by atoms with Crippen LogP contribution in [0.1, 0.15) is 31.0 Å². The molecule has 6 heteroatoms. The molecule has 2 rings (SSSR count). The second-order valence-electron chi connectivity index (χ2n) is 5.47. The molecule has 130 valence electrons. The molecule has 0 saturated carbocycles. The summed E-state index contributed by atoms with van der Waals surface area (Å²) in [5.41, 5.74) is 1.65. The fourth-order valence-electron chi connectivity index (χ4n) is 2.42. The first-order valence-corrected chi connectivity index (χ1v) is 8.08. The number of ether oxygens (including phenoxy) is 2. The summed E-state index contributed by atoms with van der Waals surface area (Å²) < 4.78 is 10.5. The third kappa shape index (κ3) is 4.95. The van der Waals surface area contributed by atoms with Gasteiger partial charge in [-0.2, -0.15) is 5.26 Å². The Morgan fingerprint density at radius 1 is 1.32 bits per heavy atom. The summed E-state index contributed by atoms with van der Waals surface area (Å²) in [6.45, 7) is 4.29. The quantitative estimate of drug-likeness (QED) is 0.618. The molecule has 6 nitrogen and oxygen atoms in total. The zero-order chi connectivity index (χ0) is 18.2. The van der Waals surface area contributed by atoms with Crippen LogP contribution in [-0.4, -0.2) is 24.2 Å². The van der Waals surface area contributed by atoms with Crippen molar-refractivity contribution in [3.05, 3.63) is 51.9 Å². The van der Waals surface area contributed by atoms with Crippen LogP contribution in [0.3, 0.4) is 0 Å². The van der Waals surface area contributed by atoms with Crippen LogP contribution < -0.4 is 10.3 Å². The molecule has 0 fully saturated rings. The highest BCUT2D eigenvalue weighted by molar-refractivity contribution is 5.71. The van der Waals surface area contributed by atoms with Crippen LogP contribution >= 0.6 is 0 Å². The Balaban J connectivity index is 2.11. The minimum atomic E-state index is -0.404. The standard InChI is InChI=1S/C19H20N2O4/c1-3-24-18(22)8-5-9-25-15-7-4-6-14(11-15)16-10-13(2)21-19(23)17(16)12-20/h4,6-7,10-11H,3,5,8-9H2,1-2H3,(H,21,23). The first-order chi connectivity index (χ1) is 12.0. The fraction of sp³-hybridized carbons (Fsp3) is 0.316. The van der Waals surface area contributed by atoms with Crippen LogP contribution in [0, 0.1) is 18.3 Å². The first kappa shape index (κ1) is 18.3. The van der Waals surface area contributed by atoms with Crippen molar-refractivity contribution in [1.29, 1.82) is 5.26 Å². The third-order valence-corrected chi connectivity index (χ3v) is 3.52. The van der Waals surface area contributed by atoms with Crippen molar-refractivity contribution in [3.63, 3.8) is 0 Å². The zero-order valence-corrected chi connectivity index (χ0v) is 14.3. The lowest BCUT2D eigenvalue weighted by atomic mass is 10.0.